The first-order chi connectivity index (χ1) is 17.3. The number of imidazole rings is 1. The summed E-state index contributed by atoms with van der Waals surface area (Å²) in [6, 6.07) is 42.0. The van der Waals surface area contributed by atoms with Crippen LogP contribution in [0.5, 0.6) is 0 Å². The highest BCUT2D eigenvalue weighted by molar-refractivity contribution is 5.92. The highest BCUT2D eigenvalue weighted by atomic mass is 15.1. The van der Waals surface area contributed by atoms with E-state index in [1.54, 1.807) is 0 Å². The van der Waals surface area contributed by atoms with E-state index in [1.807, 2.05) is 0 Å². The molecule has 8 rings (SSSR count). The number of aromatic nitrogens is 2. The molecule has 0 N–H and O–H groups in total. The lowest BCUT2D eigenvalue weighted by atomic mass is 9.72. The standard InChI is InChI=1S/C33H22N2/c1-21-9-8-10-22(19-21)23-17-18-30-28(20-23)33(32-34-29-15-6-7-16-31(29)35(30)32)26-13-4-2-11-24(26)25-12-3-5-14-27(25)33/h2-20H,1H3. The summed E-state index contributed by atoms with van der Waals surface area (Å²) in [7, 11) is 0. The van der Waals surface area contributed by atoms with Crippen molar-refractivity contribution < 1.29 is 0 Å². The van der Waals surface area contributed by atoms with E-state index in [1.165, 1.54) is 50.2 Å². The number of nitrogens with zero attached hydrogens (tertiary/aromatic N) is 2. The second-order valence-corrected chi connectivity index (χ2v) is 9.70. The summed E-state index contributed by atoms with van der Waals surface area (Å²) in [5.41, 5.74) is 13.3. The van der Waals surface area contributed by atoms with Gasteiger partial charge in [0, 0.05) is 0 Å². The second kappa shape index (κ2) is 6.58. The molecule has 2 aliphatic rings. The van der Waals surface area contributed by atoms with Gasteiger partial charge in [-0.2, -0.15) is 0 Å². The fourth-order valence-corrected chi connectivity index (χ4v) is 6.44. The van der Waals surface area contributed by atoms with Gasteiger partial charge in [0.15, 0.2) is 0 Å². The Bertz CT molecular complexity index is 1780. The molecule has 1 aromatic heterocycles. The van der Waals surface area contributed by atoms with Gasteiger partial charge in [-0.1, -0.05) is 96.6 Å². The molecule has 164 valence electrons. The summed E-state index contributed by atoms with van der Waals surface area (Å²) in [6.07, 6.45) is 0. The molecule has 0 radical (unpaired) electrons. The number of hydrogen-bond donors (Lipinski definition) is 0. The summed E-state index contributed by atoms with van der Waals surface area (Å²) in [5, 5.41) is 0. The van der Waals surface area contributed by atoms with Crippen LogP contribution in [0.3, 0.4) is 0 Å². The normalized spacial score (nSPS) is 14.1. The summed E-state index contributed by atoms with van der Waals surface area (Å²) in [4.78, 5) is 5.32. The molecule has 6 aromatic rings. The third kappa shape index (κ3) is 2.27. The highest BCUT2D eigenvalue weighted by Crippen LogP contribution is 2.60. The van der Waals surface area contributed by atoms with Crippen molar-refractivity contribution in [3.63, 3.8) is 0 Å². The maximum Gasteiger partial charge on any atom is 0.134 e. The Kier molecular flexibility index (Phi) is 3.56. The Morgan fingerprint density at radius 3 is 2.06 bits per heavy atom. The minimum absolute atomic E-state index is 0.443. The molecule has 0 saturated heterocycles. The van der Waals surface area contributed by atoms with Crippen molar-refractivity contribution in [3.05, 3.63) is 143 Å². The van der Waals surface area contributed by atoms with E-state index in [9.17, 15) is 0 Å². The van der Waals surface area contributed by atoms with Gasteiger partial charge < -0.3 is 0 Å². The van der Waals surface area contributed by atoms with Crippen molar-refractivity contribution in [3.8, 4) is 27.9 Å². The van der Waals surface area contributed by atoms with E-state index in [4.69, 9.17) is 4.98 Å². The SMILES string of the molecule is Cc1cccc(-c2ccc3c(c2)C2(c4ccccc4-c4ccccc42)c2nc4ccccc4n2-3)c1. The first kappa shape index (κ1) is 18.9. The van der Waals surface area contributed by atoms with Crippen molar-refractivity contribution in [1.82, 2.24) is 9.55 Å². The Hall–Kier alpha value is -4.43. The topological polar surface area (TPSA) is 17.8 Å². The van der Waals surface area contributed by atoms with E-state index < -0.39 is 5.41 Å². The van der Waals surface area contributed by atoms with Crippen LogP contribution in [0.25, 0.3) is 39.0 Å². The van der Waals surface area contributed by atoms with E-state index in [-0.39, 0.29) is 0 Å². The molecular weight excluding hydrogens is 424 g/mol. The van der Waals surface area contributed by atoms with Crippen LogP contribution in [0.1, 0.15) is 28.1 Å². The van der Waals surface area contributed by atoms with E-state index >= 15 is 0 Å². The number of rotatable bonds is 1. The number of fused-ring (bicyclic) bond motifs is 12. The Balaban J connectivity index is 1.55. The Morgan fingerprint density at radius 1 is 0.600 bits per heavy atom. The summed E-state index contributed by atoms with van der Waals surface area (Å²) in [6.45, 7) is 2.16. The minimum atomic E-state index is -0.443. The van der Waals surface area contributed by atoms with Crippen molar-refractivity contribution in [2.45, 2.75) is 12.3 Å². The molecule has 2 heteroatoms. The number of aryl methyl sites for hydroxylation is 1. The number of benzene rings is 5. The Morgan fingerprint density at radius 2 is 1.29 bits per heavy atom. The molecule has 0 bridgehead atoms. The lowest BCUT2D eigenvalue weighted by molar-refractivity contribution is 0.738. The van der Waals surface area contributed by atoms with Gasteiger partial charge in [0.25, 0.3) is 0 Å². The predicted molar refractivity (Wildman–Crippen MR) is 142 cm³/mol. The molecule has 1 spiro atoms. The van der Waals surface area contributed by atoms with Crippen molar-refractivity contribution in [2.24, 2.45) is 0 Å². The molecule has 2 nitrogen and oxygen atoms in total. The first-order valence-corrected chi connectivity index (χ1v) is 12.2. The van der Waals surface area contributed by atoms with Crippen LogP contribution in [-0.2, 0) is 5.41 Å². The van der Waals surface area contributed by atoms with Crippen LogP contribution in [0.2, 0.25) is 0 Å². The molecule has 0 unspecified atom stereocenters. The predicted octanol–water partition coefficient (Wildman–Crippen LogP) is 7.68. The van der Waals surface area contributed by atoms with Gasteiger partial charge in [-0.05, 0) is 70.1 Å². The van der Waals surface area contributed by atoms with Crippen LogP contribution >= 0.6 is 0 Å². The zero-order valence-electron chi connectivity index (χ0n) is 19.4. The van der Waals surface area contributed by atoms with Gasteiger partial charge in [0.2, 0.25) is 0 Å². The highest BCUT2D eigenvalue weighted by Gasteiger charge is 2.54. The molecule has 5 aromatic carbocycles. The molecule has 1 aliphatic heterocycles. The third-order valence-corrected chi connectivity index (χ3v) is 7.84. The number of para-hydroxylation sites is 2. The molecule has 0 atom stereocenters. The largest absolute Gasteiger partial charge is 0.295 e. The zero-order chi connectivity index (χ0) is 23.1. The zero-order valence-corrected chi connectivity index (χ0v) is 19.4. The van der Waals surface area contributed by atoms with Crippen LogP contribution in [0.4, 0.5) is 0 Å². The third-order valence-electron chi connectivity index (χ3n) is 7.84. The summed E-state index contributed by atoms with van der Waals surface area (Å²) < 4.78 is 2.39. The lowest BCUT2D eigenvalue weighted by Crippen LogP contribution is -2.27. The van der Waals surface area contributed by atoms with Gasteiger partial charge in [-0.3, -0.25) is 4.57 Å². The van der Waals surface area contributed by atoms with Crippen molar-refractivity contribution in [1.29, 1.82) is 0 Å². The van der Waals surface area contributed by atoms with Crippen LogP contribution in [0.15, 0.2) is 115 Å². The van der Waals surface area contributed by atoms with E-state index in [0.29, 0.717) is 0 Å². The smallest absolute Gasteiger partial charge is 0.134 e. The molecule has 35 heavy (non-hydrogen) atoms. The molecule has 0 fully saturated rings. The fourth-order valence-electron chi connectivity index (χ4n) is 6.44. The molecule has 2 heterocycles. The second-order valence-electron chi connectivity index (χ2n) is 9.70. The van der Waals surface area contributed by atoms with Gasteiger partial charge >= 0.3 is 0 Å². The van der Waals surface area contributed by atoms with Gasteiger partial charge in [-0.15, -0.1) is 0 Å². The first-order valence-electron chi connectivity index (χ1n) is 12.2. The Labute approximate surface area is 204 Å². The van der Waals surface area contributed by atoms with Crippen LogP contribution in [0, 0.1) is 6.92 Å². The number of hydrogen-bond acceptors (Lipinski definition) is 1. The minimum Gasteiger partial charge on any atom is -0.295 e. The molecule has 0 saturated carbocycles. The van der Waals surface area contributed by atoms with Gasteiger partial charge in [0.1, 0.15) is 11.2 Å². The average Bonchev–Trinajstić information content (AvgIpc) is 3.52. The maximum atomic E-state index is 5.32. The monoisotopic (exact) mass is 446 g/mol. The van der Waals surface area contributed by atoms with Crippen LogP contribution < -0.4 is 0 Å². The molecule has 0 amide bonds. The van der Waals surface area contributed by atoms with Crippen LogP contribution in [-0.4, -0.2) is 9.55 Å². The van der Waals surface area contributed by atoms with Gasteiger partial charge in [-0.25, -0.2) is 4.98 Å². The fraction of sp³-hybridized carbons (Fsp3) is 0.0606. The summed E-state index contributed by atoms with van der Waals surface area (Å²) in [5.74, 6) is 1.09. The average molecular weight is 447 g/mol. The molecule has 1 aliphatic carbocycles. The van der Waals surface area contributed by atoms with Crippen molar-refractivity contribution in [2.75, 3.05) is 0 Å². The quantitative estimate of drug-likeness (QED) is 0.253. The van der Waals surface area contributed by atoms with E-state index in [0.717, 1.165) is 16.9 Å². The van der Waals surface area contributed by atoms with Crippen molar-refractivity contribution >= 4 is 11.0 Å². The van der Waals surface area contributed by atoms with Gasteiger partial charge in [0.05, 0.1) is 16.7 Å². The maximum absolute atomic E-state index is 5.32. The summed E-state index contributed by atoms with van der Waals surface area (Å²) >= 11 is 0. The lowest BCUT2D eigenvalue weighted by Gasteiger charge is -2.27. The van der Waals surface area contributed by atoms with E-state index in [2.05, 4.69) is 127 Å². The molecular formula is C33H22N2.